The van der Waals surface area contributed by atoms with E-state index in [1.165, 1.54) is 12.8 Å². The van der Waals surface area contributed by atoms with Gasteiger partial charge in [-0.3, -0.25) is 4.79 Å². The first-order valence-corrected chi connectivity index (χ1v) is 9.67. The molecule has 1 aromatic heterocycles. The van der Waals surface area contributed by atoms with Gasteiger partial charge in [0.05, 0.1) is 5.69 Å². The molecule has 1 aliphatic rings. The highest BCUT2D eigenvalue weighted by Gasteiger charge is 2.14. The number of carbonyl (C=O) groups excluding carboxylic acids is 1. The average molecular weight is 372 g/mol. The largest absolute Gasteiger partial charge is 0.355 e. The number of hydrogen-bond donors (Lipinski definition) is 1. The summed E-state index contributed by atoms with van der Waals surface area (Å²) in [5, 5.41) is 11.7. The number of hydrogen-bond acceptors (Lipinski definition) is 4. The minimum absolute atomic E-state index is 0.102. The van der Waals surface area contributed by atoms with Crippen LogP contribution < -0.4 is 10.2 Å². The van der Waals surface area contributed by atoms with Crippen LogP contribution in [0.25, 0.3) is 11.3 Å². The molecule has 0 aliphatic carbocycles. The van der Waals surface area contributed by atoms with Crippen LogP contribution >= 0.6 is 0 Å². The van der Waals surface area contributed by atoms with E-state index in [-0.39, 0.29) is 5.91 Å². The molecule has 0 spiro atoms. The van der Waals surface area contributed by atoms with Crippen molar-refractivity contribution in [2.45, 2.75) is 26.7 Å². The lowest BCUT2D eigenvalue weighted by Gasteiger charge is -2.15. The average Bonchev–Trinajstić information content (AvgIpc) is 3.23. The Labute approximate surface area is 165 Å². The van der Waals surface area contributed by atoms with Crippen molar-refractivity contribution in [2.24, 2.45) is 0 Å². The van der Waals surface area contributed by atoms with Crippen molar-refractivity contribution in [3.05, 3.63) is 71.3 Å². The molecule has 1 N–H and O–H groups in total. The fraction of sp³-hybridized carbons (Fsp3) is 0.261. The van der Waals surface area contributed by atoms with Crippen molar-refractivity contribution in [2.75, 3.05) is 23.3 Å². The normalized spacial score (nSPS) is 13.6. The molecule has 1 aliphatic heterocycles. The highest BCUT2D eigenvalue weighted by molar-refractivity contribution is 6.04. The summed E-state index contributed by atoms with van der Waals surface area (Å²) < 4.78 is 0. The van der Waals surface area contributed by atoms with E-state index < -0.39 is 0 Å². The topological polar surface area (TPSA) is 58.1 Å². The monoisotopic (exact) mass is 372 g/mol. The molecule has 0 saturated carbocycles. The Hall–Kier alpha value is -3.21. The summed E-state index contributed by atoms with van der Waals surface area (Å²) in [6, 6.07) is 17.6. The highest BCUT2D eigenvalue weighted by Crippen LogP contribution is 2.23. The molecule has 0 radical (unpaired) electrons. The number of aromatic nitrogens is 2. The van der Waals surface area contributed by atoms with Gasteiger partial charge in [0.1, 0.15) is 0 Å². The summed E-state index contributed by atoms with van der Waals surface area (Å²) in [6.45, 7) is 6.11. The molecule has 0 bridgehead atoms. The minimum atomic E-state index is -0.102. The summed E-state index contributed by atoms with van der Waals surface area (Å²) in [7, 11) is 0. The second kappa shape index (κ2) is 7.80. The summed E-state index contributed by atoms with van der Waals surface area (Å²) in [5.74, 6) is 0.841. The fourth-order valence-electron chi connectivity index (χ4n) is 3.63. The number of anilines is 2. The van der Waals surface area contributed by atoms with Crippen molar-refractivity contribution < 1.29 is 4.79 Å². The number of benzene rings is 2. The Bertz CT molecular complexity index is 954. The quantitative estimate of drug-likeness (QED) is 0.726. The molecular formula is C23H24N4O. The Morgan fingerprint density at radius 3 is 2.18 bits per heavy atom. The molecule has 5 nitrogen and oxygen atoms in total. The molecule has 0 unspecified atom stereocenters. The van der Waals surface area contributed by atoms with Crippen molar-refractivity contribution >= 4 is 17.4 Å². The third kappa shape index (κ3) is 4.03. The summed E-state index contributed by atoms with van der Waals surface area (Å²) in [4.78, 5) is 14.8. The van der Waals surface area contributed by atoms with Crippen LogP contribution in [0.3, 0.4) is 0 Å². The molecule has 2 heterocycles. The van der Waals surface area contributed by atoms with Gasteiger partial charge in [0.25, 0.3) is 5.91 Å². The molecule has 4 rings (SSSR count). The van der Waals surface area contributed by atoms with Crippen LogP contribution in [0.4, 0.5) is 11.5 Å². The lowest BCUT2D eigenvalue weighted by Crippen LogP contribution is -2.19. The second-order valence-electron chi connectivity index (χ2n) is 7.38. The number of aryl methyl sites for hydroxylation is 2. The van der Waals surface area contributed by atoms with Gasteiger partial charge >= 0.3 is 0 Å². The van der Waals surface area contributed by atoms with Crippen LogP contribution in [0, 0.1) is 13.8 Å². The van der Waals surface area contributed by atoms with E-state index >= 15 is 0 Å². The Morgan fingerprint density at radius 2 is 1.57 bits per heavy atom. The van der Waals surface area contributed by atoms with Gasteiger partial charge in [-0.15, -0.1) is 10.2 Å². The van der Waals surface area contributed by atoms with Crippen LogP contribution in [0.1, 0.15) is 34.3 Å². The Morgan fingerprint density at radius 1 is 0.893 bits per heavy atom. The van der Waals surface area contributed by atoms with Gasteiger partial charge in [-0.05, 0) is 63.1 Å². The summed E-state index contributed by atoms with van der Waals surface area (Å²) in [5.41, 5.74) is 5.40. The van der Waals surface area contributed by atoms with Gasteiger partial charge in [0, 0.05) is 29.9 Å². The molecule has 0 atom stereocenters. The van der Waals surface area contributed by atoms with E-state index in [0.717, 1.165) is 47.0 Å². The Balaban J connectivity index is 1.45. The predicted octanol–water partition coefficient (Wildman–Crippen LogP) is 4.61. The van der Waals surface area contributed by atoms with E-state index in [1.54, 1.807) is 0 Å². The van der Waals surface area contributed by atoms with Crippen molar-refractivity contribution in [1.29, 1.82) is 0 Å². The second-order valence-corrected chi connectivity index (χ2v) is 7.38. The maximum absolute atomic E-state index is 12.5. The number of rotatable bonds is 4. The smallest absolute Gasteiger partial charge is 0.255 e. The molecule has 2 aromatic carbocycles. The lowest BCUT2D eigenvalue weighted by atomic mass is 10.1. The number of carbonyl (C=O) groups is 1. The van der Waals surface area contributed by atoms with Crippen LogP contribution in [-0.4, -0.2) is 29.2 Å². The molecule has 3 aromatic rings. The maximum Gasteiger partial charge on any atom is 0.255 e. The van der Waals surface area contributed by atoms with Gasteiger partial charge in [0.2, 0.25) is 0 Å². The van der Waals surface area contributed by atoms with E-state index in [2.05, 4.69) is 26.5 Å². The van der Waals surface area contributed by atoms with E-state index in [4.69, 9.17) is 0 Å². The van der Waals surface area contributed by atoms with Gasteiger partial charge in [-0.1, -0.05) is 29.3 Å². The van der Waals surface area contributed by atoms with Crippen LogP contribution in [-0.2, 0) is 0 Å². The third-order valence-electron chi connectivity index (χ3n) is 5.00. The minimum Gasteiger partial charge on any atom is -0.355 e. The summed E-state index contributed by atoms with van der Waals surface area (Å²) in [6.07, 6.45) is 2.44. The molecule has 28 heavy (non-hydrogen) atoms. The SMILES string of the molecule is Cc1cc(C)cc(C(=O)Nc2ccc(-c3ccc(N4CCCC4)nn3)cc2)c1. The number of nitrogens with zero attached hydrogens (tertiary/aromatic N) is 3. The van der Waals surface area contributed by atoms with Gasteiger partial charge in [-0.25, -0.2) is 0 Å². The first-order chi connectivity index (χ1) is 13.6. The van der Waals surface area contributed by atoms with Crippen molar-refractivity contribution in [3.8, 4) is 11.3 Å². The van der Waals surface area contributed by atoms with Crippen molar-refractivity contribution in [1.82, 2.24) is 10.2 Å². The van der Waals surface area contributed by atoms with Crippen LogP contribution in [0.15, 0.2) is 54.6 Å². The third-order valence-corrected chi connectivity index (χ3v) is 5.00. The maximum atomic E-state index is 12.5. The van der Waals surface area contributed by atoms with Gasteiger partial charge in [0.15, 0.2) is 5.82 Å². The molecule has 1 amide bonds. The zero-order chi connectivity index (χ0) is 19.5. The zero-order valence-corrected chi connectivity index (χ0v) is 16.3. The molecule has 5 heteroatoms. The number of nitrogens with one attached hydrogen (secondary N) is 1. The van der Waals surface area contributed by atoms with Crippen LogP contribution in [0.2, 0.25) is 0 Å². The van der Waals surface area contributed by atoms with E-state index in [0.29, 0.717) is 5.56 Å². The number of amides is 1. The Kier molecular flexibility index (Phi) is 5.06. The standard InChI is InChI=1S/C23H24N4O/c1-16-13-17(2)15-19(14-16)23(28)24-20-7-5-18(6-8-20)21-9-10-22(26-25-21)27-11-3-4-12-27/h5-10,13-15H,3-4,11-12H2,1-2H3,(H,24,28). The first kappa shape index (κ1) is 18.2. The van der Waals surface area contributed by atoms with E-state index in [1.807, 2.05) is 62.4 Å². The van der Waals surface area contributed by atoms with Gasteiger partial charge < -0.3 is 10.2 Å². The van der Waals surface area contributed by atoms with Crippen molar-refractivity contribution in [3.63, 3.8) is 0 Å². The molecule has 1 saturated heterocycles. The van der Waals surface area contributed by atoms with E-state index in [9.17, 15) is 4.79 Å². The van der Waals surface area contributed by atoms with Gasteiger partial charge in [-0.2, -0.15) is 0 Å². The summed E-state index contributed by atoms with van der Waals surface area (Å²) >= 11 is 0. The molecule has 142 valence electrons. The highest BCUT2D eigenvalue weighted by atomic mass is 16.1. The first-order valence-electron chi connectivity index (χ1n) is 9.67. The van der Waals surface area contributed by atoms with Crippen LogP contribution in [0.5, 0.6) is 0 Å². The molecular weight excluding hydrogens is 348 g/mol. The molecule has 1 fully saturated rings. The predicted molar refractivity (Wildman–Crippen MR) is 113 cm³/mol. The fourth-order valence-corrected chi connectivity index (χ4v) is 3.63. The lowest BCUT2D eigenvalue weighted by molar-refractivity contribution is 0.102. The zero-order valence-electron chi connectivity index (χ0n) is 16.3.